The summed E-state index contributed by atoms with van der Waals surface area (Å²) in [5.41, 5.74) is 0.613. The van der Waals surface area contributed by atoms with E-state index in [2.05, 4.69) is 5.16 Å². The Morgan fingerprint density at radius 2 is 2.00 bits per heavy atom. The summed E-state index contributed by atoms with van der Waals surface area (Å²) >= 11 is 1.37. The minimum atomic E-state index is -0.421. The van der Waals surface area contributed by atoms with Crippen LogP contribution in [0.5, 0.6) is 0 Å². The molecule has 4 atom stereocenters. The van der Waals surface area contributed by atoms with Crippen LogP contribution in [-0.4, -0.2) is 47.0 Å². The van der Waals surface area contributed by atoms with Crippen LogP contribution in [-0.2, 0) is 4.74 Å². The molecule has 0 radical (unpaired) electrons. The number of rotatable bonds is 2. The van der Waals surface area contributed by atoms with Crippen molar-refractivity contribution in [2.24, 2.45) is 0 Å². The van der Waals surface area contributed by atoms with Crippen LogP contribution in [0.4, 0.5) is 20.7 Å². The molecule has 2 aliphatic heterocycles. The Morgan fingerprint density at radius 3 is 2.78 bits per heavy atom. The minimum absolute atomic E-state index is 0.0137. The molecule has 0 N–H and O–H groups in total. The van der Waals surface area contributed by atoms with Gasteiger partial charge in [0.25, 0.3) is 5.24 Å². The number of nitrogens with zero attached hydrogens (tertiary/aromatic N) is 3. The van der Waals surface area contributed by atoms with E-state index < -0.39 is 5.82 Å². The minimum Gasteiger partial charge on any atom is -0.372 e. The summed E-state index contributed by atoms with van der Waals surface area (Å²) in [7, 11) is 0. The molecular formula is C19H22FN3O3S. The summed E-state index contributed by atoms with van der Waals surface area (Å²) in [5, 5.41) is 4.96. The van der Waals surface area contributed by atoms with E-state index >= 15 is 4.39 Å². The Morgan fingerprint density at radius 1 is 1.22 bits per heavy atom. The van der Waals surface area contributed by atoms with E-state index in [-0.39, 0.29) is 29.1 Å². The molecule has 0 spiro atoms. The highest BCUT2D eigenvalue weighted by atomic mass is 32.2. The topological polar surface area (TPSA) is 58.8 Å². The van der Waals surface area contributed by atoms with Crippen LogP contribution in [0.2, 0.25) is 0 Å². The summed E-state index contributed by atoms with van der Waals surface area (Å²) in [5.74, 6) is 0.0286. The van der Waals surface area contributed by atoms with E-state index in [0.717, 1.165) is 19.3 Å². The Hall–Kier alpha value is -1.80. The number of amides is 1. The normalized spacial score (nSPS) is 31.1. The zero-order chi connectivity index (χ0) is 18.7. The van der Waals surface area contributed by atoms with Gasteiger partial charge in [-0.1, -0.05) is 23.3 Å². The van der Waals surface area contributed by atoms with Crippen LogP contribution in [0.25, 0.3) is 11.0 Å². The highest BCUT2D eigenvalue weighted by molar-refractivity contribution is 8.14. The lowest BCUT2D eigenvalue weighted by Crippen LogP contribution is -2.45. The van der Waals surface area contributed by atoms with Gasteiger partial charge in [0.05, 0.1) is 29.3 Å². The Labute approximate surface area is 161 Å². The van der Waals surface area contributed by atoms with Crippen LogP contribution in [0, 0.1) is 5.82 Å². The average molecular weight is 391 g/mol. The third-order valence-electron chi connectivity index (χ3n) is 5.73. The number of halogens is 1. The number of fused-ring (bicyclic) bond motifs is 2. The third-order valence-corrected chi connectivity index (χ3v) is 6.98. The number of carbonyl (C=O) groups is 1. The van der Waals surface area contributed by atoms with Crippen molar-refractivity contribution in [1.82, 2.24) is 5.16 Å². The molecule has 8 heteroatoms. The number of carbonyl (C=O) groups excluding carboxylic acids is 1. The van der Waals surface area contributed by atoms with E-state index in [4.69, 9.17) is 9.26 Å². The summed E-state index contributed by atoms with van der Waals surface area (Å²) < 4.78 is 26.4. The third kappa shape index (κ3) is 2.72. The first-order chi connectivity index (χ1) is 13.0. The van der Waals surface area contributed by atoms with Crippen molar-refractivity contribution in [2.75, 3.05) is 22.9 Å². The molecule has 27 heavy (non-hydrogen) atoms. The molecule has 3 fully saturated rings. The van der Waals surface area contributed by atoms with Crippen molar-refractivity contribution in [2.45, 2.75) is 56.6 Å². The monoisotopic (exact) mass is 391 g/mol. The largest absolute Gasteiger partial charge is 0.372 e. The van der Waals surface area contributed by atoms with Gasteiger partial charge in [-0.2, -0.15) is 0 Å². The van der Waals surface area contributed by atoms with Crippen molar-refractivity contribution >= 4 is 39.5 Å². The van der Waals surface area contributed by atoms with Gasteiger partial charge >= 0.3 is 0 Å². The molecule has 3 aliphatic rings. The average Bonchev–Trinajstić information content (AvgIpc) is 3.29. The number of hydrogen-bond donors (Lipinski definition) is 0. The second-order valence-corrected chi connectivity index (χ2v) is 8.92. The lowest BCUT2D eigenvalue weighted by Gasteiger charge is -2.36. The Kier molecular flexibility index (Phi) is 4.09. The standard InChI is InChI=1S/C19H22FN3O3S/c1-10-8-22(9-11(2)25-10)14-7-6-12-17(16(14)20)26-21-18(12)23-13-4-3-5-15(13)27-19(23)24/h6-7,10-11,13,15H,3-5,8-9H2,1-2H3/t10-,11+,13-,15+/m0/s1. The van der Waals surface area contributed by atoms with Crippen LogP contribution in [0.3, 0.4) is 0 Å². The van der Waals surface area contributed by atoms with Crippen molar-refractivity contribution in [1.29, 1.82) is 0 Å². The van der Waals surface area contributed by atoms with Crippen molar-refractivity contribution in [3.8, 4) is 0 Å². The first-order valence-corrected chi connectivity index (χ1v) is 10.4. The van der Waals surface area contributed by atoms with Gasteiger partial charge in [-0.3, -0.25) is 9.69 Å². The van der Waals surface area contributed by atoms with Gasteiger partial charge in [0, 0.05) is 18.3 Å². The van der Waals surface area contributed by atoms with Crippen LogP contribution < -0.4 is 9.80 Å². The second kappa shape index (κ2) is 6.38. The highest BCUT2D eigenvalue weighted by Crippen LogP contribution is 2.46. The van der Waals surface area contributed by atoms with Gasteiger partial charge in [-0.05, 0) is 38.8 Å². The maximum atomic E-state index is 15.2. The van der Waals surface area contributed by atoms with Gasteiger partial charge in [0.2, 0.25) is 5.58 Å². The van der Waals surface area contributed by atoms with Gasteiger partial charge in [0.15, 0.2) is 11.6 Å². The molecule has 144 valence electrons. The van der Waals surface area contributed by atoms with E-state index in [9.17, 15) is 4.79 Å². The zero-order valence-corrected chi connectivity index (χ0v) is 16.2. The highest BCUT2D eigenvalue weighted by Gasteiger charge is 2.46. The molecule has 0 bridgehead atoms. The maximum Gasteiger partial charge on any atom is 0.287 e. The quantitative estimate of drug-likeness (QED) is 0.766. The SMILES string of the molecule is C[C@@H]1CN(c2ccc3c(N4C(=O)S[C@@H]5CCC[C@@H]54)noc3c2F)C[C@H](C)O1. The summed E-state index contributed by atoms with van der Waals surface area (Å²) in [6, 6.07) is 3.73. The molecule has 6 nitrogen and oxygen atoms in total. The van der Waals surface area contributed by atoms with Gasteiger partial charge in [-0.15, -0.1) is 0 Å². The lowest BCUT2D eigenvalue weighted by molar-refractivity contribution is -0.00539. The van der Waals surface area contributed by atoms with Gasteiger partial charge in [-0.25, -0.2) is 4.39 Å². The zero-order valence-electron chi connectivity index (χ0n) is 15.4. The van der Waals surface area contributed by atoms with Crippen LogP contribution >= 0.6 is 11.8 Å². The summed E-state index contributed by atoms with van der Waals surface area (Å²) in [6.45, 7) is 5.22. The van der Waals surface area contributed by atoms with E-state index in [1.165, 1.54) is 11.8 Å². The fraction of sp³-hybridized carbons (Fsp3) is 0.579. The number of aromatic nitrogens is 1. The fourth-order valence-electron chi connectivity index (χ4n) is 4.65. The molecule has 1 amide bonds. The van der Waals surface area contributed by atoms with E-state index in [0.29, 0.717) is 35.2 Å². The molecule has 2 saturated heterocycles. The molecule has 1 aliphatic carbocycles. The molecular weight excluding hydrogens is 369 g/mol. The number of thioether (sulfide) groups is 1. The number of anilines is 2. The first-order valence-electron chi connectivity index (χ1n) is 9.51. The molecule has 1 saturated carbocycles. The predicted molar refractivity (Wildman–Crippen MR) is 103 cm³/mol. The molecule has 3 heterocycles. The fourth-order valence-corrected chi connectivity index (χ4v) is 5.94. The molecule has 1 aromatic heterocycles. The smallest absolute Gasteiger partial charge is 0.287 e. The number of benzene rings is 1. The Balaban J connectivity index is 1.53. The van der Waals surface area contributed by atoms with E-state index in [1.807, 2.05) is 24.8 Å². The number of hydrogen-bond acceptors (Lipinski definition) is 6. The van der Waals surface area contributed by atoms with Crippen molar-refractivity contribution < 1.29 is 18.4 Å². The molecule has 2 aromatic rings. The van der Waals surface area contributed by atoms with Crippen molar-refractivity contribution in [3.63, 3.8) is 0 Å². The van der Waals surface area contributed by atoms with Gasteiger partial charge in [0.1, 0.15) is 0 Å². The number of ether oxygens (including phenoxy) is 1. The first kappa shape index (κ1) is 17.3. The van der Waals surface area contributed by atoms with Gasteiger partial charge < -0.3 is 14.2 Å². The second-order valence-electron chi connectivity index (χ2n) is 7.73. The number of morpholine rings is 1. The maximum absolute atomic E-state index is 15.2. The Bertz CT molecular complexity index is 894. The van der Waals surface area contributed by atoms with Crippen molar-refractivity contribution in [3.05, 3.63) is 17.9 Å². The molecule has 5 rings (SSSR count). The van der Waals surface area contributed by atoms with Crippen LogP contribution in [0.1, 0.15) is 33.1 Å². The van der Waals surface area contributed by atoms with E-state index in [1.54, 1.807) is 11.0 Å². The molecule has 0 unspecified atom stereocenters. The predicted octanol–water partition coefficient (Wildman–Crippen LogP) is 4.17. The summed E-state index contributed by atoms with van der Waals surface area (Å²) in [4.78, 5) is 16.2. The lowest BCUT2D eigenvalue weighted by atomic mass is 10.1. The van der Waals surface area contributed by atoms with Crippen LogP contribution in [0.15, 0.2) is 16.7 Å². The molecule has 1 aromatic carbocycles. The summed E-state index contributed by atoms with van der Waals surface area (Å²) in [6.07, 6.45) is 3.18.